The molecule has 0 radical (unpaired) electrons. The summed E-state index contributed by atoms with van der Waals surface area (Å²) in [7, 11) is -5.90. The number of halogens is 6. The fraction of sp³-hybridized carbons (Fsp3) is 0.545. The van der Waals surface area contributed by atoms with Gasteiger partial charge >= 0.3 is 21.9 Å². The number of carbonyl (C=O) groups is 1. The van der Waals surface area contributed by atoms with E-state index in [1.165, 1.54) is 19.1 Å². The molecule has 0 atom stereocenters. The number of alkyl halides is 6. The van der Waals surface area contributed by atoms with Gasteiger partial charge in [-0.2, -0.15) is 21.6 Å². The van der Waals surface area contributed by atoms with Gasteiger partial charge in [0.15, 0.2) is 5.13 Å². The third-order valence-corrected chi connectivity index (χ3v) is 7.96. The van der Waals surface area contributed by atoms with Crippen molar-refractivity contribution in [2.45, 2.75) is 63.9 Å². The topological polar surface area (TPSA) is 88.6 Å². The highest BCUT2D eigenvalue weighted by molar-refractivity contribution is 7.90. The minimum atomic E-state index is -5.90. The molecule has 0 saturated heterocycles. The zero-order chi connectivity index (χ0) is 27.4. The Balaban J connectivity index is 1.81. The first-order valence-electron chi connectivity index (χ1n) is 11.3. The second kappa shape index (κ2) is 11.5. The first-order valence-corrected chi connectivity index (χ1v) is 13.6. The number of nitrogens with one attached hydrogen (secondary N) is 1. The highest BCUT2D eigenvalue weighted by Gasteiger charge is 2.47. The third kappa shape index (κ3) is 8.22. The van der Waals surface area contributed by atoms with Crippen LogP contribution in [0.3, 0.4) is 0 Å². The van der Waals surface area contributed by atoms with E-state index in [0.29, 0.717) is 18.0 Å². The average Bonchev–Trinajstić information content (AvgIpc) is 3.18. The van der Waals surface area contributed by atoms with Crippen LogP contribution in [-0.2, 0) is 16.6 Å². The largest absolute Gasteiger partial charge is 0.573 e. The normalized spacial score (nSPS) is 15.4. The van der Waals surface area contributed by atoms with E-state index in [0.717, 1.165) is 66.7 Å². The molecule has 15 heteroatoms. The van der Waals surface area contributed by atoms with E-state index in [4.69, 9.17) is 0 Å². The van der Waals surface area contributed by atoms with E-state index in [1.54, 1.807) is 4.90 Å². The van der Waals surface area contributed by atoms with Gasteiger partial charge in [0.2, 0.25) is 0 Å². The number of benzene rings is 1. The van der Waals surface area contributed by atoms with Crippen molar-refractivity contribution in [3.05, 3.63) is 40.4 Å². The smallest absolute Gasteiger partial charge is 0.406 e. The number of aromatic nitrogens is 1. The zero-order valence-corrected chi connectivity index (χ0v) is 21.3. The molecule has 1 amide bonds. The van der Waals surface area contributed by atoms with Crippen molar-refractivity contribution in [3.8, 4) is 5.75 Å². The third-order valence-electron chi connectivity index (χ3n) is 5.87. The summed E-state index contributed by atoms with van der Waals surface area (Å²) in [6.07, 6.45) is 1.44. The SMILES string of the molecule is Cc1sc(N(CCC2CCCCC2)Cc2ccc(OC(F)(F)F)cc2)nc1C(=O)NS(=O)(=O)C(F)(F)F. The molecule has 0 spiro atoms. The summed E-state index contributed by atoms with van der Waals surface area (Å²) in [5.74, 6) is -1.43. The Morgan fingerprint density at radius 1 is 1.11 bits per heavy atom. The van der Waals surface area contributed by atoms with Crippen molar-refractivity contribution >= 4 is 32.4 Å². The van der Waals surface area contributed by atoms with Crippen LogP contribution < -0.4 is 14.4 Å². The first-order chi connectivity index (χ1) is 17.1. The quantitative estimate of drug-likeness (QED) is 0.376. The molecule has 0 unspecified atom stereocenters. The molecule has 1 aliphatic rings. The van der Waals surface area contributed by atoms with Gasteiger partial charge in [0, 0.05) is 18.0 Å². The van der Waals surface area contributed by atoms with Crippen molar-refractivity contribution in [3.63, 3.8) is 0 Å². The number of aryl methyl sites for hydroxylation is 1. The molecule has 1 saturated carbocycles. The number of anilines is 1. The van der Waals surface area contributed by atoms with Crippen molar-refractivity contribution in [1.29, 1.82) is 0 Å². The van der Waals surface area contributed by atoms with E-state index >= 15 is 0 Å². The van der Waals surface area contributed by atoms with E-state index in [9.17, 15) is 39.6 Å². The van der Waals surface area contributed by atoms with Crippen LogP contribution in [0.25, 0.3) is 0 Å². The van der Waals surface area contributed by atoms with E-state index in [2.05, 4.69) is 9.72 Å². The summed E-state index contributed by atoms with van der Waals surface area (Å²) in [5.41, 5.74) is -5.51. The van der Waals surface area contributed by atoms with Crippen LogP contribution in [0, 0.1) is 12.8 Å². The molecular weight excluding hydrogens is 548 g/mol. The van der Waals surface area contributed by atoms with Gasteiger partial charge in [-0.1, -0.05) is 44.2 Å². The second-order valence-corrected chi connectivity index (χ2v) is 11.5. The van der Waals surface area contributed by atoms with Crippen molar-refractivity contribution in [1.82, 2.24) is 9.71 Å². The number of carbonyl (C=O) groups excluding carboxylic acids is 1. The number of hydrogen-bond donors (Lipinski definition) is 1. The molecule has 3 rings (SSSR count). The van der Waals surface area contributed by atoms with E-state index in [-0.39, 0.29) is 22.3 Å². The van der Waals surface area contributed by atoms with E-state index in [1.807, 2.05) is 0 Å². The lowest BCUT2D eigenvalue weighted by Gasteiger charge is -2.27. The zero-order valence-electron chi connectivity index (χ0n) is 19.7. The Morgan fingerprint density at radius 3 is 2.30 bits per heavy atom. The van der Waals surface area contributed by atoms with Crippen LogP contribution >= 0.6 is 11.3 Å². The molecule has 1 aromatic heterocycles. The van der Waals surface area contributed by atoms with Crippen molar-refractivity contribution in [2.75, 3.05) is 11.4 Å². The van der Waals surface area contributed by atoms with Crippen LogP contribution in [0.15, 0.2) is 24.3 Å². The molecular formula is C22H25F6N3O4S2. The van der Waals surface area contributed by atoms with Crippen LogP contribution in [0.2, 0.25) is 0 Å². The summed E-state index contributed by atoms with van der Waals surface area (Å²) in [6, 6.07) is 5.21. The van der Waals surface area contributed by atoms with Crippen LogP contribution in [0.4, 0.5) is 31.5 Å². The van der Waals surface area contributed by atoms with Gasteiger partial charge in [-0.25, -0.2) is 9.71 Å². The molecule has 1 N–H and O–H groups in total. The molecule has 0 bridgehead atoms. The van der Waals surface area contributed by atoms with Gasteiger partial charge in [-0.3, -0.25) is 4.79 Å². The maximum absolute atomic E-state index is 12.7. The van der Waals surface area contributed by atoms with Crippen LogP contribution in [0.5, 0.6) is 5.75 Å². The number of thiazole rings is 1. The molecule has 1 aromatic carbocycles. The highest BCUT2D eigenvalue weighted by atomic mass is 32.2. The minimum absolute atomic E-state index is 0.188. The minimum Gasteiger partial charge on any atom is -0.406 e. The summed E-state index contributed by atoms with van der Waals surface area (Å²) >= 11 is 1.01. The van der Waals surface area contributed by atoms with E-state index < -0.39 is 33.5 Å². The highest BCUT2D eigenvalue weighted by Crippen LogP contribution is 2.32. The Kier molecular flexibility index (Phi) is 8.98. The molecule has 2 aromatic rings. The number of hydrogen-bond acceptors (Lipinski definition) is 7. The molecule has 1 heterocycles. The Bertz CT molecular complexity index is 1170. The van der Waals surface area contributed by atoms with Gasteiger partial charge < -0.3 is 9.64 Å². The second-order valence-electron chi connectivity index (χ2n) is 8.69. The lowest BCUT2D eigenvalue weighted by Crippen LogP contribution is -2.40. The molecule has 7 nitrogen and oxygen atoms in total. The first kappa shape index (κ1) is 29.0. The van der Waals surface area contributed by atoms with Crippen molar-refractivity contribution in [2.24, 2.45) is 5.92 Å². The molecule has 206 valence electrons. The Labute approximate surface area is 213 Å². The number of rotatable bonds is 9. The maximum atomic E-state index is 12.7. The predicted octanol–water partition coefficient (Wildman–Crippen LogP) is 5.91. The lowest BCUT2D eigenvalue weighted by molar-refractivity contribution is -0.274. The summed E-state index contributed by atoms with van der Waals surface area (Å²) in [5, 5.41) is 0.276. The van der Waals surface area contributed by atoms with Gasteiger partial charge in [-0.05, 0) is 37.0 Å². The van der Waals surface area contributed by atoms with Gasteiger partial charge in [0.25, 0.3) is 5.91 Å². The molecule has 37 heavy (non-hydrogen) atoms. The Hall–Kier alpha value is -2.55. The Morgan fingerprint density at radius 2 is 1.73 bits per heavy atom. The number of nitrogens with zero attached hydrogens (tertiary/aromatic N) is 2. The average molecular weight is 574 g/mol. The summed E-state index contributed by atoms with van der Waals surface area (Å²) < 4.78 is 103. The number of amides is 1. The standard InChI is InChI=1S/C22H25F6N3O4S2/c1-14-18(19(32)30-37(33,34)22(26,27)28)29-20(36-14)31(12-11-15-5-3-2-4-6-15)13-16-7-9-17(10-8-16)35-21(23,24)25/h7-10,15H,2-6,11-13H2,1H3,(H,30,32). The van der Waals surface area contributed by atoms with Crippen molar-refractivity contribution < 1.29 is 44.3 Å². The van der Waals surface area contributed by atoms with Crippen LogP contribution in [-0.4, -0.2) is 37.7 Å². The number of sulfonamides is 1. The fourth-order valence-corrected chi connectivity index (χ4v) is 5.42. The van der Waals surface area contributed by atoms with Gasteiger partial charge in [0.05, 0.1) is 0 Å². The maximum Gasteiger partial charge on any atom is 0.573 e. The molecule has 0 aliphatic heterocycles. The summed E-state index contributed by atoms with van der Waals surface area (Å²) in [4.78, 5) is 18.4. The monoisotopic (exact) mass is 573 g/mol. The molecule has 1 fully saturated rings. The van der Waals surface area contributed by atoms with Gasteiger partial charge in [-0.15, -0.1) is 24.5 Å². The predicted molar refractivity (Wildman–Crippen MR) is 125 cm³/mol. The lowest BCUT2D eigenvalue weighted by atomic mass is 9.87. The van der Waals surface area contributed by atoms with Gasteiger partial charge in [0.1, 0.15) is 11.4 Å². The molecule has 1 aliphatic carbocycles. The number of ether oxygens (including phenoxy) is 1. The fourth-order valence-electron chi connectivity index (χ4n) is 4.03. The van der Waals surface area contributed by atoms with Crippen LogP contribution in [0.1, 0.15) is 59.5 Å². The summed E-state index contributed by atoms with van der Waals surface area (Å²) in [6.45, 7) is 2.09.